The number of likely N-dealkylation sites (N-methyl/N-ethyl adjacent to an activating group) is 1. The van der Waals surface area contributed by atoms with E-state index in [0.29, 0.717) is 13.0 Å². The molecule has 8 heteroatoms. The summed E-state index contributed by atoms with van der Waals surface area (Å²) in [5.41, 5.74) is -0.675. The zero-order valence-electron chi connectivity index (χ0n) is 25.7. The molecule has 2 aromatic rings. The number of likely N-dealkylation sites (tertiary alicyclic amines) is 1. The number of nitrogens with zero attached hydrogens (tertiary/aromatic N) is 2. The van der Waals surface area contributed by atoms with Crippen LogP contribution in [0.15, 0.2) is 60.7 Å². The average Bonchev–Trinajstić information content (AvgIpc) is 3.29. The fraction of sp³-hybridized carbons (Fsp3) is 0.562. The first kappa shape index (κ1) is 31.8. The summed E-state index contributed by atoms with van der Waals surface area (Å²) in [6.45, 7) is 16.1. The highest BCUT2D eigenvalue weighted by Crippen LogP contribution is 2.39. The second kappa shape index (κ2) is 12.5. The minimum atomic E-state index is -2.84. The summed E-state index contributed by atoms with van der Waals surface area (Å²) in [5.74, 6) is -0.350. The molecule has 7 nitrogen and oxygen atoms in total. The Labute approximate surface area is 241 Å². The van der Waals surface area contributed by atoms with Crippen LogP contribution >= 0.6 is 0 Å². The van der Waals surface area contributed by atoms with E-state index in [1.165, 1.54) is 15.3 Å². The molecule has 0 aromatic heterocycles. The largest absolute Gasteiger partial charge is 0.444 e. The molecular formula is C32H48N2O5Si. The number of aliphatic hydroxyl groups excluding tert-OH is 1. The Balaban J connectivity index is 1.97. The molecule has 0 saturated carbocycles. The number of hydrogen-bond donors (Lipinski definition) is 1. The summed E-state index contributed by atoms with van der Waals surface area (Å²) in [5, 5.41) is 12.5. The van der Waals surface area contributed by atoms with E-state index >= 15 is 0 Å². The molecule has 220 valence electrons. The molecule has 0 spiro atoms. The van der Waals surface area contributed by atoms with Crippen molar-refractivity contribution in [1.82, 2.24) is 9.80 Å². The van der Waals surface area contributed by atoms with Gasteiger partial charge in [-0.3, -0.25) is 9.69 Å². The first-order chi connectivity index (χ1) is 18.6. The Hall–Kier alpha value is -2.68. The second-order valence-corrected chi connectivity index (χ2v) is 17.5. The Morgan fingerprint density at radius 3 is 1.88 bits per heavy atom. The van der Waals surface area contributed by atoms with Crippen LogP contribution in [0, 0.1) is 5.92 Å². The molecular weight excluding hydrogens is 520 g/mol. The molecule has 2 amide bonds. The van der Waals surface area contributed by atoms with Crippen LogP contribution in [0.1, 0.15) is 61.8 Å². The number of benzene rings is 2. The number of aliphatic hydroxyl groups is 1. The Morgan fingerprint density at radius 1 is 0.975 bits per heavy atom. The Bertz CT molecular complexity index is 1090. The molecule has 1 N–H and O–H groups in total. The van der Waals surface area contributed by atoms with E-state index in [2.05, 4.69) is 69.3 Å². The first-order valence-corrected chi connectivity index (χ1v) is 16.2. The number of carbonyl (C=O) groups excluding carboxylic acids is 2. The smallest absolute Gasteiger partial charge is 0.410 e. The average molecular weight is 569 g/mol. The van der Waals surface area contributed by atoms with Gasteiger partial charge in [0.15, 0.2) is 0 Å². The number of ether oxygens (including phenoxy) is 1. The van der Waals surface area contributed by atoms with Crippen LogP contribution in [0.25, 0.3) is 0 Å². The van der Waals surface area contributed by atoms with Gasteiger partial charge in [-0.05, 0) is 48.5 Å². The van der Waals surface area contributed by atoms with Gasteiger partial charge >= 0.3 is 6.09 Å². The maximum Gasteiger partial charge on any atom is 0.410 e. The van der Waals surface area contributed by atoms with Crippen molar-refractivity contribution in [3.63, 3.8) is 0 Å². The first-order valence-electron chi connectivity index (χ1n) is 14.3. The van der Waals surface area contributed by atoms with Gasteiger partial charge in [-0.1, -0.05) is 95.3 Å². The maximum atomic E-state index is 14.0. The maximum absolute atomic E-state index is 14.0. The van der Waals surface area contributed by atoms with Crippen molar-refractivity contribution in [2.24, 2.45) is 5.92 Å². The summed E-state index contributed by atoms with van der Waals surface area (Å²) < 4.78 is 12.9. The summed E-state index contributed by atoms with van der Waals surface area (Å²) in [7, 11) is -1.23. The van der Waals surface area contributed by atoms with Gasteiger partial charge in [0.25, 0.3) is 8.32 Å². The lowest BCUT2D eigenvalue weighted by molar-refractivity contribution is -0.139. The van der Waals surface area contributed by atoms with Gasteiger partial charge < -0.3 is 19.2 Å². The highest BCUT2D eigenvalue weighted by atomic mass is 28.4. The minimum Gasteiger partial charge on any atom is -0.444 e. The molecule has 1 fully saturated rings. The van der Waals surface area contributed by atoms with Crippen molar-refractivity contribution in [2.45, 2.75) is 90.6 Å². The fourth-order valence-electron chi connectivity index (χ4n) is 5.86. The molecule has 40 heavy (non-hydrogen) atoms. The molecule has 0 aliphatic carbocycles. The van der Waals surface area contributed by atoms with Crippen molar-refractivity contribution < 1.29 is 23.9 Å². The normalized spacial score (nSPS) is 19.0. The molecule has 1 aliphatic heterocycles. The summed E-state index contributed by atoms with van der Waals surface area (Å²) in [4.78, 5) is 30.1. The molecule has 1 aliphatic rings. The van der Waals surface area contributed by atoms with E-state index in [9.17, 15) is 14.7 Å². The van der Waals surface area contributed by atoms with Crippen LogP contribution in [-0.4, -0.2) is 79.2 Å². The van der Waals surface area contributed by atoms with Crippen LogP contribution in [0.3, 0.4) is 0 Å². The molecule has 3 atom stereocenters. The summed E-state index contributed by atoms with van der Waals surface area (Å²) in [6.07, 6.45) is -0.292. The van der Waals surface area contributed by atoms with E-state index in [-0.39, 0.29) is 29.6 Å². The van der Waals surface area contributed by atoms with E-state index < -0.39 is 32.1 Å². The quantitative estimate of drug-likeness (QED) is 0.477. The second-order valence-electron chi connectivity index (χ2n) is 13.2. The summed E-state index contributed by atoms with van der Waals surface area (Å²) >= 11 is 0. The van der Waals surface area contributed by atoms with Crippen molar-refractivity contribution >= 4 is 30.7 Å². The Kier molecular flexibility index (Phi) is 9.91. The highest BCUT2D eigenvalue weighted by molar-refractivity contribution is 6.99. The zero-order valence-corrected chi connectivity index (χ0v) is 26.7. The van der Waals surface area contributed by atoms with Gasteiger partial charge in [0.2, 0.25) is 5.91 Å². The fourth-order valence-corrected chi connectivity index (χ4v) is 10.5. The van der Waals surface area contributed by atoms with Gasteiger partial charge in [-0.25, -0.2) is 4.79 Å². The molecule has 0 radical (unpaired) electrons. The lowest BCUT2D eigenvalue weighted by atomic mass is 10.0. The third-order valence-corrected chi connectivity index (χ3v) is 12.7. The van der Waals surface area contributed by atoms with E-state index in [0.717, 1.165) is 0 Å². The predicted octanol–water partition coefficient (Wildman–Crippen LogP) is 4.42. The third-order valence-electron chi connectivity index (χ3n) is 7.61. The molecule has 1 heterocycles. The highest BCUT2D eigenvalue weighted by Gasteiger charge is 2.53. The van der Waals surface area contributed by atoms with Crippen LogP contribution in [0.2, 0.25) is 5.04 Å². The molecule has 0 bridgehead atoms. The monoisotopic (exact) mass is 568 g/mol. The number of carbonyl (C=O) groups is 2. The van der Waals surface area contributed by atoms with Crippen molar-refractivity contribution in [1.29, 1.82) is 0 Å². The predicted molar refractivity (Wildman–Crippen MR) is 162 cm³/mol. The van der Waals surface area contributed by atoms with E-state index in [1.54, 1.807) is 32.7 Å². The lowest BCUT2D eigenvalue weighted by Crippen LogP contribution is -2.68. The Morgan fingerprint density at radius 2 is 1.48 bits per heavy atom. The van der Waals surface area contributed by atoms with Gasteiger partial charge in [-0.15, -0.1) is 0 Å². The van der Waals surface area contributed by atoms with Gasteiger partial charge in [0.05, 0.1) is 18.8 Å². The van der Waals surface area contributed by atoms with Crippen LogP contribution in [0.4, 0.5) is 4.79 Å². The number of hydrogen-bond acceptors (Lipinski definition) is 5. The van der Waals surface area contributed by atoms with Crippen LogP contribution < -0.4 is 10.4 Å². The molecule has 2 aromatic carbocycles. The lowest BCUT2D eigenvalue weighted by Gasteiger charge is -2.44. The molecule has 3 rings (SSSR count). The zero-order chi connectivity index (χ0) is 29.9. The number of amides is 2. The van der Waals surface area contributed by atoms with Crippen LogP contribution in [-0.2, 0) is 14.0 Å². The van der Waals surface area contributed by atoms with E-state index in [1.807, 2.05) is 26.0 Å². The van der Waals surface area contributed by atoms with Crippen LogP contribution in [0.5, 0.6) is 0 Å². The minimum absolute atomic E-state index is 0.152. The van der Waals surface area contributed by atoms with E-state index in [4.69, 9.17) is 9.16 Å². The van der Waals surface area contributed by atoms with Gasteiger partial charge in [0, 0.05) is 13.6 Å². The van der Waals surface area contributed by atoms with Crippen molar-refractivity contribution in [3.8, 4) is 0 Å². The standard InChI is InChI=1S/C32H48N2O5Si/c1-23(2)28(33(9)30(37)38-31(3,4)5)29(36)34-21-25(20-24(34)22-35)39-40(32(6,7)8,26-16-12-10-13-17-26)27-18-14-11-15-19-27/h10-19,23-25,28,35H,20-22H2,1-9H3/t24-,25+,28+/m0/s1. The number of rotatable bonds is 8. The SMILES string of the molecule is CC(C)[C@H](C(=O)N1C[C@H](O[Si](c2ccccc2)(c2ccccc2)C(C)(C)C)C[C@H]1CO)N(C)C(=O)OC(C)(C)C. The molecule has 1 saturated heterocycles. The summed E-state index contributed by atoms with van der Waals surface area (Å²) in [6, 6.07) is 19.7. The van der Waals surface area contributed by atoms with Crippen molar-refractivity contribution in [2.75, 3.05) is 20.2 Å². The van der Waals surface area contributed by atoms with Gasteiger partial charge in [0.1, 0.15) is 11.6 Å². The topological polar surface area (TPSA) is 79.3 Å². The van der Waals surface area contributed by atoms with Crippen molar-refractivity contribution in [3.05, 3.63) is 60.7 Å². The van der Waals surface area contributed by atoms with Gasteiger partial charge in [-0.2, -0.15) is 0 Å². The third kappa shape index (κ3) is 6.78. The molecule has 0 unspecified atom stereocenters.